The number of benzene rings is 1. The lowest BCUT2D eigenvalue weighted by molar-refractivity contribution is 0.264. The first-order valence-electron chi connectivity index (χ1n) is 8.09. The van der Waals surface area contributed by atoms with Crippen molar-refractivity contribution in [3.05, 3.63) is 47.9 Å². The first kappa shape index (κ1) is 16.9. The summed E-state index contributed by atoms with van der Waals surface area (Å²) in [6.07, 6.45) is 5.65. The van der Waals surface area contributed by atoms with Crippen LogP contribution in [0.15, 0.2) is 41.6 Å². The lowest BCUT2D eigenvalue weighted by Gasteiger charge is -2.32. The Morgan fingerprint density at radius 2 is 1.92 bits per heavy atom. The van der Waals surface area contributed by atoms with Gasteiger partial charge in [0.2, 0.25) is 10.0 Å². The lowest BCUT2D eigenvalue weighted by atomic mass is 9.94. The SMILES string of the molecule is Cc1ccc(S(=O)(=O)N2CCC[C@@H](Cc3nccnc3N)C2)cc1. The van der Waals surface area contributed by atoms with Crippen LogP contribution in [0, 0.1) is 12.8 Å². The van der Waals surface area contributed by atoms with E-state index in [1.54, 1.807) is 28.8 Å². The molecule has 1 fully saturated rings. The molecule has 0 saturated carbocycles. The van der Waals surface area contributed by atoms with E-state index >= 15 is 0 Å². The molecule has 2 heterocycles. The van der Waals surface area contributed by atoms with Gasteiger partial charge in [0.25, 0.3) is 0 Å². The zero-order valence-electron chi connectivity index (χ0n) is 13.7. The minimum Gasteiger partial charge on any atom is -0.382 e. The molecule has 1 atom stereocenters. The number of hydrogen-bond acceptors (Lipinski definition) is 5. The Labute approximate surface area is 142 Å². The van der Waals surface area contributed by atoms with E-state index in [1.807, 2.05) is 19.1 Å². The number of anilines is 1. The van der Waals surface area contributed by atoms with Crippen LogP contribution < -0.4 is 5.73 Å². The standard InChI is InChI=1S/C17H22N4O2S/c1-13-4-6-15(7-5-13)24(22,23)21-10-2-3-14(12-21)11-16-17(18)20-9-8-19-16/h4-9,14H,2-3,10-12H2,1H3,(H2,18,20)/t14-/m0/s1. The summed E-state index contributed by atoms with van der Waals surface area (Å²) in [5.74, 6) is 0.633. The molecule has 3 rings (SSSR count). The Morgan fingerprint density at radius 3 is 2.62 bits per heavy atom. The molecule has 0 bridgehead atoms. The van der Waals surface area contributed by atoms with E-state index in [0.29, 0.717) is 30.2 Å². The minimum absolute atomic E-state index is 0.206. The number of nitrogens with two attached hydrogens (primary N) is 1. The summed E-state index contributed by atoms with van der Waals surface area (Å²) >= 11 is 0. The van der Waals surface area contributed by atoms with Gasteiger partial charge in [-0.25, -0.2) is 13.4 Å². The number of hydrogen-bond donors (Lipinski definition) is 1. The summed E-state index contributed by atoms with van der Waals surface area (Å²) < 4.78 is 27.3. The Morgan fingerprint density at radius 1 is 1.21 bits per heavy atom. The van der Waals surface area contributed by atoms with E-state index in [-0.39, 0.29) is 5.92 Å². The molecule has 1 aromatic heterocycles. The second-order valence-electron chi connectivity index (χ2n) is 6.28. The third-order valence-electron chi connectivity index (χ3n) is 4.43. The predicted molar refractivity (Wildman–Crippen MR) is 92.8 cm³/mol. The van der Waals surface area contributed by atoms with Crippen LogP contribution in [0.2, 0.25) is 0 Å². The molecule has 0 unspecified atom stereocenters. The number of piperidine rings is 1. The van der Waals surface area contributed by atoms with E-state index in [9.17, 15) is 8.42 Å². The normalized spacial score (nSPS) is 19.3. The fourth-order valence-electron chi connectivity index (χ4n) is 3.08. The van der Waals surface area contributed by atoms with E-state index < -0.39 is 10.0 Å². The molecule has 1 aliphatic rings. The van der Waals surface area contributed by atoms with Crippen molar-refractivity contribution in [3.63, 3.8) is 0 Å². The van der Waals surface area contributed by atoms with Gasteiger partial charge in [0.15, 0.2) is 0 Å². The molecule has 6 nitrogen and oxygen atoms in total. The molecule has 7 heteroatoms. The summed E-state index contributed by atoms with van der Waals surface area (Å²) in [5.41, 5.74) is 7.65. The first-order valence-corrected chi connectivity index (χ1v) is 9.53. The number of nitrogens with zero attached hydrogens (tertiary/aromatic N) is 3. The number of aromatic nitrogens is 2. The number of rotatable bonds is 4. The predicted octanol–water partition coefficient (Wildman–Crippen LogP) is 2.01. The van der Waals surface area contributed by atoms with Gasteiger partial charge in [-0.05, 0) is 44.2 Å². The molecule has 0 amide bonds. The average Bonchev–Trinajstić information content (AvgIpc) is 2.58. The van der Waals surface area contributed by atoms with Crippen molar-refractivity contribution in [1.82, 2.24) is 14.3 Å². The van der Waals surface area contributed by atoms with E-state index in [0.717, 1.165) is 24.1 Å². The van der Waals surface area contributed by atoms with Gasteiger partial charge in [-0.15, -0.1) is 0 Å². The van der Waals surface area contributed by atoms with Gasteiger partial charge in [-0.2, -0.15) is 4.31 Å². The van der Waals surface area contributed by atoms with Gasteiger partial charge in [0, 0.05) is 25.5 Å². The first-order chi connectivity index (χ1) is 11.5. The monoisotopic (exact) mass is 346 g/mol. The number of nitrogen functional groups attached to an aromatic ring is 1. The second kappa shape index (κ2) is 6.86. The average molecular weight is 346 g/mol. The largest absolute Gasteiger partial charge is 0.382 e. The maximum absolute atomic E-state index is 12.8. The fraction of sp³-hybridized carbons (Fsp3) is 0.412. The Kier molecular flexibility index (Phi) is 4.82. The maximum atomic E-state index is 12.8. The Hall–Kier alpha value is -1.99. The molecular formula is C17H22N4O2S. The van der Waals surface area contributed by atoms with Gasteiger partial charge >= 0.3 is 0 Å². The molecule has 0 radical (unpaired) electrons. The summed E-state index contributed by atoms with van der Waals surface area (Å²) in [6.45, 7) is 2.99. The van der Waals surface area contributed by atoms with Crippen LogP contribution in [0.1, 0.15) is 24.1 Å². The van der Waals surface area contributed by atoms with Crippen LogP contribution in [0.25, 0.3) is 0 Å². The van der Waals surface area contributed by atoms with Crippen LogP contribution in [-0.2, 0) is 16.4 Å². The smallest absolute Gasteiger partial charge is 0.243 e. The highest BCUT2D eigenvalue weighted by Crippen LogP contribution is 2.26. The van der Waals surface area contributed by atoms with Gasteiger partial charge in [-0.1, -0.05) is 17.7 Å². The second-order valence-corrected chi connectivity index (χ2v) is 8.21. The highest BCUT2D eigenvalue weighted by molar-refractivity contribution is 7.89. The number of aryl methyl sites for hydroxylation is 1. The van der Waals surface area contributed by atoms with Gasteiger partial charge in [0.1, 0.15) is 5.82 Å². The van der Waals surface area contributed by atoms with Crippen molar-refractivity contribution in [2.75, 3.05) is 18.8 Å². The summed E-state index contributed by atoms with van der Waals surface area (Å²) in [5, 5.41) is 0. The quantitative estimate of drug-likeness (QED) is 0.915. The molecule has 2 N–H and O–H groups in total. The van der Waals surface area contributed by atoms with Gasteiger partial charge in [-0.3, -0.25) is 4.98 Å². The van der Waals surface area contributed by atoms with Crippen molar-refractivity contribution in [2.24, 2.45) is 5.92 Å². The Bertz CT molecular complexity index is 806. The van der Waals surface area contributed by atoms with E-state index in [1.165, 1.54) is 0 Å². The van der Waals surface area contributed by atoms with Crippen molar-refractivity contribution in [3.8, 4) is 0 Å². The highest BCUT2D eigenvalue weighted by Gasteiger charge is 2.30. The zero-order valence-corrected chi connectivity index (χ0v) is 14.5. The third-order valence-corrected chi connectivity index (χ3v) is 6.31. The molecule has 128 valence electrons. The van der Waals surface area contributed by atoms with Crippen LogP contribution >= 0.6 is 0 Å². The Balaban J connectivity index is 1.75. The zero-order chi connectivity index (χ0) is 17.2. The molecule has 1 aromatic carbocycles. The number of sulfonamides is 1. The van der Waals surface area contributed by atoms with Crippen LogP contribution in [0.3, 0.4) is 0 Å². The molecule has 1 aliphatic heterocycles. The van der Waals surface area contributed by atoms with Crippen molar-refractivity contribution < 1.29 is 8.42 Å². The minimum atomic E-state index is -3.45. The van der Waals surface area contributed by atoms with Crippen LogP contribution in [0.5, 0.6) is 0 Å². The van der Waals surface area contributed by atoms with Gasteiger partial charge in [0.05, 0.1) is 10.6 Å². The molecule has 0 spiro atoms. The molecule has 24 heavy (non-hydrogen) atoms. The van der Waals surface area contributed by atoms with E-state index in [2.05, 4.69) is 9.97 Å². The molecule has 0 aliphatic carbocycles. The lowest BCUT2D eigenvalue weighted by Crippen LogP contribution is -2.40. The molecule has 1 saturated heterocycles. The van der Waals surface area contributed by atoms with Crippen LogP contribution in [0.4, 0.5) is 5.82 Å². The summed E-state index contributed by atoms with van der Waals surface area (Å²) in [4.78, 5) is 8.68. The van der Waals surface area contributed by atoms with Crippen molar-refractivity contribution >= 4 is 15.8 Å². The van der Waals surface area contributed by atoms with E-state index in [4.69, 9.17) is 5.73 Å². The summed E-state index contributed by atoms with van der Waals surface area (Å²) in [6, 6.07) is 7.01. The highest BCUT2D eigenvalue weighted by atomic mass is 32.2. The maximum Gasteiger partial charge on any atom is 0.243 e. The topological polar surface area (TPSA) is 89.2 Å². The van der Waals surface area contributed by atoms with Crippen molar-refractivity contribution in [1.29, 1.82) is 0 Å². The van der Waals surface area contributed by atoms with Crippen molar-refractivity contribution in [2.45, 2.75) is 31.1 Å². The fourth-order valence-corrected chi connectivity index (χ4v) is 4.63. The molecular weight excluding hydrogens is 324 g/mol. The third kappa shape index (κ3) is 3.57. The van der Waals surface area contributed by atoms with Crippen LogP contribution in [-0.4, -0.2) is 35.8 Å². The molecule has 2 aromatic rings. The summed E-state index contributed by atoms with van der Waals surface area (Å²) in [7, 11) is -3.45. The van der Waals surface area contributed by atoms with Gasteiger partial charge < -0.3 is 5.73 Å².